The van der Waals surface area contributed by atoms with Gasteiger partial charge in [0.2, 0.25) is 0 Å². The maximum Gasteiger partial charge on any atom is 0.264 e. The molecule has 31 heavy (non-hydrogen) atoms. The fourth-order valence-corrected chi connectivity index (χ4v) is 4.00. The molecule has 0 spiro atoms. The van der Waals surface area contributed by atoms with Crippen molar-refractivity contribution in [2.45, 2.75) is 18.7 Å². The van der Waals surface area contributed by atoms with Gasteiger partial charge in [0.15, 0.2) is 0 Å². The lowest BCUT2D eigenvalue weighted by atomic mass is 10.0. The molecule has 0 unspecified atom stereocenters. The van der Waals surface area contributed by atoms with Gasteiger partial charge in [0.25, 0.3) is 16.0 Å². The molecule has 1 heterocycles. The minimum atomic E-state index is -3.84. The molecular weight excluding hydrogens is 412 g/mol. The average molecular weight is 433 g/mol. The second kappa shape index (κ2) is 8.16. The summed E-state index contributed by atoms with van der Waals surface area (Å²) in [4.78, 5) is 4.39. The van der Waals surface area contributed by atoms with E-state index in [1.54, 1.807) is 37.3 Å². The lowest BCUT2D eigenvalue weighted by Gasteiger charge is -2.08. The number of hydrogen-bond donors (Lipinski definition) is 2. The molecule has 0 aliphatic rings. The smallest absolute Gasteiger partial charge is 0.264 e. The molecular formula is C23H20N4O3S. The molecule has 156 valence electrons. The summed E-state index contributed by atoms with van der Waals surface area (Å²) in [6.07, 6.45) is 3.37. The molecule has 4 rings (SSSR count). The monoisotopic (exact) mass is 432 g/mol. The zero-order valence-electron chi connectivity index (χ0n) is 16.9. The van der Waals surface area contributed by atoms with E-state index in [-0.39, 0.29) is 16.6 Å². The first-order valence-electron chi connectivity index (χ1n) is 9.53. The molecule has 0 radical (unpaired) electrons. The highest BCUT2D eigenvalue weighted by Crippen LogP contribution is 2.29. The minimum absolute atomic E-state index is 0.112. The number of sulfonamides is 1. The van der Waals surface area contributed by atoms with Crippen LogP contribution in [0.3, 0.4) is 0 Å². The summed E-state index contributed by atoms with van der Waals surface area (Å²) in [5.41, 5.74) is 2.52. The Labute approximate surface area is 180 Å². The van der Waals surface area contributed by atoms with Crippen molar-refractivity contribution in [3.8, 4) is 5.75 Å². The molecule has 0 aliphatic heterocycles. The molecule has 0 saturated heterocycles. The molecule has 0 fully saturated rings. The summed E-state index contributed by atoms with van der Waals surface area (Å²) in [5.74, 6) is 0.0304. The molecule has 8 heteroatoms. The Morgan fingerprint density at radius 1 is 0.903 bits per heavy atom. The van der Waals surface area contributed by atoms with Crippen LogP contribution in [0.2, 0.25) is 0 Å². The van der Waals surface area contributed by atoms with Crippen molar-refractivity contribution in [1.29, 1.82) is 0 Å². The van der Waals surface area contributed by atoms with Crippen LogP contribution in [0, 0.1) is 13.8 Å². The molecule has 4 aromatic rings. The van der Waals surface area contributed by atoms with Gasteiger partial charge in [-0.3, -0.25) is 0 Å². The Morgan fingerprint density at radius 3 is 2.42 bits per heavy atom. The highest BCUT2D eigenvalue weighted by molar-refractivity contribution is 7.92. The molecule has 0 saturated carbocycles. The molecule has 0 atom stereocenters. The van der Waals surface area contributed by atoms with Gasteiger partial charge in [-0.05, 0) is 43.5 Å². The number of fused-ring (bicyclic) bond motifs is 1. The zero-order valence-corrected chi connectivity index (χ0v) is 17.8. The van der Waals surface area contributed by atoms with Crippen molar-refractivity contribution < 1.29 is 13.5 Å². The first-order valence-corrected chi connectivity index (χ1v) is 11.0. The summed E-state index contributed by atoms with van der Waals surface area (Å²) < 4.78 is 27.5. The fraction of sp³-hybridized carbons (Fsp3) is 0.0870. The number of benzene rings is 3. The van der Waals surface area contributed by atoms with Crippen molar-refractivity contribution in [2.75, 3.05) is 4.72 Å². The number of nitrogens with one attached hydrogen (secondary N) is 1. The van der Waals surface area contributed by atoms with Gasteiger partial charge in [-0.2, -0.15) is 0 Å². The highest BCUT2D eigenvalue weighted by atomic mass is 32.2. The van der Waals surface area contributed by atoms with Crippen LogP contribution in [0.25, 0.3) is 22.9 Å². The van der Waals surface area contributed by atoms with E-state index in [0.29, 0.717) is 17.0 Å². The number of phenols is 1. The Hall–Kier alpha value is -3.78. The highest BCUT2D eigenvalue weighted by Gasteiger charge is 2.16. The predicted molar refractivity (Wildman–Crippen MR) is 121 cm³/mol. The molecule has 2 N–H and O–H groups in total. The van der Waals surface area contributed by atoms with Gasteiger partial charge in [-0.25, -0.2) is 18.1 Å². The summed E-state index contributed by atoms with van der Waals surface area (Å²) in [5, 5.41) is 20.1. The number of aryl methyl sites for hydroxylation is 2. The number of nitrogens with zero attached hydrogens (tertiary/aromatic N) is 3. The lowest BCUT2D eigenvalue weighted by molar-refractivity contribution is 0.480. The fourth-order valence-electron chi connectivity index (χ4n) is 3.06. The van der Waals surface area contributed by atoms with Gasteiger partial charge in [0.05, 0.1) is 16.3 Å². The SMILES string of the molecule is Cc1ccc(S(=O)(=O)Nc2nnc(C)c(/C=C/c3ccc4ccccc4c3O)n2)cc1. The number of aromatic nitrogens is 3. The summed E-state index contributed by atoms with van der Waals surface area (Å²) >= 11 is 0. The first-order chi connectivity index (χ1) is 14.8. The molecule has 7 nitrogen and oxygen atoms in total. The van der Waals surface area contributed by atoms with Crippen LogP contribution >= 0.6 is 0 Å². The molecule has 0 amide bonds. The second-order valence-electron chi connectivity index (χ2n) is 7.08. The Bertz CT molecular complexity index is 1400. The lowest BCUT2D eigenvalue weighted by Crippen LogP contribution is -2.16. The number of aromatic hydroxyl groups is 1. The van der Waals surface area contributed by atoms with Crippen molar-refractivity contribution in [2.24, 2.45) is 0 Å². The maximum absolute atomic E-state index is 12.6. The third kappa shape index (κ3) is 4.39. The van der Waals surface area contributed by atoms with Crippen molar-refractivity contribution in [3.63, 3.8) is 0 Å². The van der Waals surface area contributed by atoms with Crippen LogP contribution in [0.1, 0.15) is 22.5 Å². The van der Waals surface area contributed by atoms with E-state index in [9.17, 15) is 13.5 Å². The Balaban J connectivity index is 1.63. The van der Waals surface area contributed by atoms with Gasteiger partial charge in [0, 0.05) is 10.9 Å². The largest absolute Gasteiger partial charge is 0.507 e. The average Bonchev–Trinajstić information content (AvgIpc) is 2.75. The number of anilines is 1. The Kier molecular flexibility index (Phi) is 5.39. The van der Waals surface area contributed by atoms with Crippen molar-refractivity contribution in [1.82, 2.24) is 15.2 Å². The van der Waals surface area contributed by atoms with Gasteiger partial charge < -0.3 is 5.11 Å². The van der Waals surface area contributed by atoms with Crippen molar-refractivity contribution >= 4 is 38.9 Å². The summed E-state index contributed by atoms with van der Waals surface area (Å²) in [7, 11) is -3.84. The second-order valence-corrected chi connectivity index (χ2v) is 8.76. The van der Waals surface area contributed by atoms with Crippen LogP contribution in [0.15, 0.2) is 65.6 Å². The van der Waals surface area contributed by atoms with E-state index < -0.39 is 10.0 Å². The van der Waals surface area contributed by atoms with E-state index in [0.717, 1.165) is 16.3 Å². The van der Waals surface area contributed by atoms with Crippen LogP contribution in [-0.2, 0) is 10.0 Å². The quantitative estimate of drug-likeness (QED) is 0.487. The van der Waals surface area contributed by atoms with Gasteiger partial charge >= 0.3 is 0 Å². The van der Waals surface area contributed by atoms with E-state index in [2.05, 4.69) is 19.9 Å². The van der Waals surface area contributed by atoms with Crippen LogP contribution in [-0.4, -0.2) is 28.7 Å². The standard InChI is InChI=1S/C23H20N4O3S/c1-15-7-12-19(13-8-15)31(29,30)27-23-24-21(16(2)25-26-23)14-11-18-10-9-17-5-3-4-6-20(17)22(18)28/h3-14,28H,1-2H3,(H,24,26,27)/b14-11+. The van der Waals surface area contributed by atoms with E-state index in [4.69, 9.17) is 0 Å². The summed E-state index contributed by atoms with van der Waals surface area (Å²) in [6.45, 7) is 3.60. The molecule has 1 aromatic heterocycles. The topological polar surface area (TPSA) is 105 Å². The van der Waals surface area contributed by atoms with E-state index in [1.165, 1.54) is 12.1 Å². The van der Waals surface area contributed by atoms with Gasteiger partial charge in [0.1, 0.15) is 5.75 Å². The first kappa shape index (κ1) is 20.5. The van der Waals surface area contributed by atoms with Crippen molar-refractivity contribution in [3.05, 3.63) is 83.2 Å². The number of hydrogen-bond acceptors (Lipinski definition) is 6. The predicted octanol–water partition coefficient (Wildman–Crippen LogP) is 4.32. The van der Waals surface area contributed by atoms with Crippen LogP contribution < -0.4 is 4.72 Å². The van der Waals surface area contributed by atoms with Gasteiger partial charge in [-0.15, -0.1) is 10.2 Å². The maximum atomic E-state index is 12.6. The normalized spacial score (nSPS) is 11.8. The van der Waals surface area contributed by atoms with Crippen LogP contribution in [0.5, 0.6) is 5.75 Å². The van der Waals surface area contributed by atoms with Crippen LogP contribution in [0.4, 0.5) is 5.95 Å². The minimum Gasteiger partial charge on any atom is -0.507 e. The molecule has 3 aromatic carbocycles. The molecule has 0 aliphatic carbocycles. The molecule has 0 bridgehead atoms. The zero-order chi connectivity index (χ0) is 22.0. The third-order valence-corrected chi connectivity index (χ3v) is 6.15. The van der Waals surface area contributed by atoms with Gasteiger partial charge in [-0.1, -0.05) is 54.1 Å². The summed E-state index contributed by atoms with van der Waals surface area (Å²) in [6, 6.07) is 17.7. The third-order valence-electron chi connectivity index (χ3n) is 4.80. The Morgan fingerprint density at radius 2 is 1.65 bits per heavy atom. The van der Waals surface area contributed by atoms with E-state index in [1.807, 2.05) is 37.3 Å². The van der Waals surface area contributed by atoms with E-state index >= 15 is 0 Å². The number of rotatable bonds is 5. The number of phenolic OH excluding ortho intramolecular Hbond substituents is 1.